The number of carbonyl (C=O) groups excluding carboxylic acids is 1. The van der Waals surface area contributed by atoms with Crippen LogP contribution in [0.3, 0.4) is 0 Å². The minimum Gasteiger partial charge on any atom is -0.356 e. The molecule has 1 fully saturated rings. The van der Waals surface area contributed by atoms with Crippen molar-refractivity contribution in [3.8, 4) is 0 Å². The number of piperidine rings is 1. The monoisotopic (exact) mass is 433 g/mol. The van der Waals surface area contributed by atoms with Crippen molar-refractivity contribution in [2.24, 2.45) is 11.1 Å². The molecule has 1 aliphatic heterocycles. The number of hydrogen-bond donors (Lipinski definition) is 3. The molecule has 0 aliphatic carbocycles. The van der Waals surface area contributed by atoms with Gasteiger partial charge in [0.2, 0.25) is 5.91 Å². The third-order valence-electron chi connectivity index (χ3n) is 5.79. The highest BCUT2D eigenvalue weighted by Crippen LogP contribution is 2.34. The van der Waals surface area contributed by atoms with Crippen LogP contribution in [0.5, 0.6) is 0 Å². The SMILES string of the molecule is NCC1(C(=O)NCc2ccc(C(F)(F)F)nc2)CCN(c2ncnc3[nH]ccc23)CC1. The predicted molar refractivity (Wildman–Crippen MR) is 108 cm³/mol. The van der Waals surface area contributed by atoms with Crippen LogP contribution in [0.1, 0.15) is 24.1 Å². The van der Waals surface area contributed by atoms with Gasteiger partial charge in [-0.05, 0) is 30.5 Å². The molecule has 1 aliphatic rings. The highest BCUT2D eigenvalue weighted by Gasteiger charge is 2.40. The summed E-state index contributed by atoms with van der Waals surface area (Å²) < 4.78 is 37.9. The van der Waals surface area contributed by atoms with Gasteiger partial charge in [-0.2, -0.15) is 13.2 Å². The summed E-state index contributed by atoms with van der Waals surface area (Å²) in [4.78, 5) is 30.1. The van der Waals surface area contributed by atoms with E-state index in [4.69, 9.17) is 5.73 Å². The van der Waals surface area contributed by atoms with Crippen molar-refractivity contribution >= 4 is 22.8 Å². The maximum Gasteiger partial charge on any atom is 0.433 e. The molecule has 0 aromatic carbocycles. The Balaban J connectivity index is 1.39. The fourth-order valence-electron chi connectivity index (χ4n) is 3.85. The summed E-state index contributed by atoms with van der Waals surface area (Å²) in [5.41, 5.74) is 5.53. The van der Waals surface area contributed by atoms with E-state index in [1.807, 2.05) is 6.07 Å². The number of aromatic amines is 1. The minimum atomic E-state index is -4.49. The molecule has 4 N–H and O–H groups in total. The van der Waals surface area contributed by atoms with E-state index < -0.39 is 17.3 Å². The van der Waals surface area contributed by atoms with Crippen LogP contribution in [0.4, 0.5) is 19.0 Å². The molecule has 11 heteroatoms. The molecular weight excluding hydrogens is 411 g/mol. The van der Waals surface area contributed by atoms with Crippen molar-refractivity contribution in [2.75, 3.05) is 24.5 Å². The van der Waals surface area contributed by atoms with Crippen molar-refractivity contribution in [3.63, 3.8) is 0 Å². The molecule has 3 aromatic rings. The highest BCUT2D eigenvalue weighted by atomic mass is 19.4. The first-order chi connectivity index (χ1) is 14.8. The lowest BCUT2D eigenvalue weighted by atomic mass is 9.77. The maximum absolute atomic E-state index is 12.9. The van der Waals surface area contributed by atoms with Crippen LogP contribution in [0.15, 0.2) is 36.9 Å². The molecule has 31 heavy (non-hydrogen) atoms. The van der Waals surface area contributed by atoms with Gasteiger partial charge in [0.05, 0.1) is 10.8 Å². The summed E-state index contributed by atoms with van der Waals surface area (Å²) in [7, 11) is 0. The van der Waals surface area contributed by atoms with E-state index in [1.54, 1.807) is 6.20 Å². The highest BCUT2D eigenvalue weighted by molar-refractivity contribution is 5.88. The second-order valence-electron chi connectivity index (χ2n) is 7.64. The van der Waals surface area contributed by atoms with Crippen LogP contribution < -0.4 is 16.0 Å². The molecule has 1 saturated heterocycles. The Bertz CT molecular complexity index is 1060. The van der Waals surface area contributed by atoms with Gasteiger partial charge in [0.1, 0.15) is 23.5 Å². The zero-order valence-electron chi connectivity index (χ0n) is 16.6. The summed E-state index contributed by atoms with van der Waals surface area (Å²) in [6, 6.07) is 4.13. The van der Waals surface area contributed by atoms with Gasteiger partial charge in [-0.25, -0.2) is 9.97 Å². The average Bonchev–Trinajstić information content (AvgIpc) is 3.26. The number of pyridine rings is 1. The number of amides is 1. The van der Waals surface area contributed by atoms with Crippen LogP contribution >= 0.6 is 0 Å². The zero-order chi connectivity index (χ0) is 22.1. The number of nitrogens with two attached hydrogens (primary N) is 1. The first kappa shape index (κ1) is 21.0. The topological polar surface area (TPSA) is 113 Å². The quantitative estimate of drug-likeness (QED) is 0.569. The number of alkyl halides is 3. The van der Waals surface area contributed by atoms with Gasteiger partial charge in [0, 0.05) is 38.6 Å². The summed E-state index contributed by atoms with van der Waals surface area (Å²) in [5.74, 6) is 0.608. The molecule has 0 unspecified atom stereocenters. The average molecular weight is 433 g/mol. The Labute approximate surface area is 176 Å². The lowest BCUT2D eigenvalue weighted by molar-refractivity contribution is -0.141. The van der Waals surface area contributed by atoms with Crippen LogP contribution in [0.25, 0.3) is 11.0 Å². The van der Waals surface area contributed by atoms with Gasteiger partial charge in [-0.15, -0.1) is 0 Å². The van der Waals surface area contributed by atoms with Gasteiger partial charge >= 0.3 is 6.18 Å². The van der Waals surface area contributed by atoms with Crippen LogP contribution in [0.2, 0.25) is 0 Å². The standard InChI is InChI=1S/C20H22F3N7O/c21-20(22,23)15-2-1-13(9-26-15)10-27-18(31)19(11-24)4-7-30(8-5-19)17-14-3-6-25-16(14)28-12-29-17/h1-3,6,9,12H,4-5,7-8,10-11,24H2,(H,27,31)(H,25,28,29). The smallest absolute Gasteiger partial charge is 0.356 e. The second kappa shape index (κ2) is 8.14. The second-order valence-corrected chi connectivity index (χ2v) is 7.64. The van der Waals surface area contributed by atoms with Gasteiger partial charge in [-0.3, -0.25) is 9.78 Å². The number of nitrogens with zero attached hydrogens (tertiary/aromatic N) is 4. The molecule has 164 valence electrons. The van der Waals surface area contributed by atoms with Crippen molar-refractivity contribution in [3.05, 3.63) is 48.2 Å². The molecule has 4 heterocycles. The number of anilines is 1. The Hall–Kier alpha value is -3.21. The molecule has 0 atom stereocenters. The lowest BCUT2D eigenvalue weighted by Gasteiger charge is -2.40. The third-order valence-corrected chi connectivity index (χ3v) is 5.79. The maximum atomic E-state index is 12.9. The molecule has 0 radical (unpaired) electrons. The lowest BCUT2D eigenvalue weighted by Crippen LogP contribution is -2.52. The Morgan fingerprint density at radius 2 is 1.97 bits per heavy atom. The molecule has 0 saturated carbocycles. The summed E-state index contributed by atoms with van der Waals surface area (Å²) >= 11 is 0. The Kier molecular flexibility index (Phi) is 5.52. The van der Waals surface area contributed by atoms with E-state index in [1.165, 1.54) is 12.4 Å². The van der Waals surface area contributed by atoms with Gasteiger partial charge in [0.25, 0.3) is 0 Å². The summed E-state index contributed by atoms with van der Waals surface area (Å²) in [6.45, 7) is 1.47. The number of halogens is 3. The van der Waals surface area contributed by atoms with E-state index in [0.717, 1.165) is 29.1 Å². The number of aromatic nitrogens is 4. The van der Waals surface area contributed by atoms with E-state index in [-0.39, 0.29) is 19.0 Å². The Morgan fingerprint density at radius 1 is 1.19 bits per heavy atom. The van der Waals surface area contributed by atoms with Crippen LogP contribution in [-0.2, 0) is 17.5 Å². The van der Waals surface area contributed by atoms with Crippen LogP contribution in [0, 0.1) is 5.41 Å². The normalized spacial score (nSPS) is 16.5. The van der Waals surface area contributed by atoms with Gasteiger partial charge < -0.3 is 20.9 Å². The summed E-state index contributed by atoms with van der Waals surface area (Å²) in [6.07, 6.45) is 1.02. The van der Waals surface area contributed by atoms with E-state index in [9.17, 15) is 18.0 Å². The fraction of sp³-hybridized carbons (Fsp3) is 0.400. The third kappa shape index (κ3) is 4.18. The number of carbonyl (C=O) groups is 1. The number of nitrogens with one attached hydrogen (secondary N) is 2. The van der Waals surface area contributed by atoms with Gasteiger partial charge in [0.15, 0.2) is 0 Å². The van der Waals surface area contributed by atoms with E-state index in [2.05, 4.69) is 30.2 Å². The molecule has 0 spiro atoms. The predicted octanol–water partition coefficient (Wildman–Crippen LogP) is 2.23. The molecule has 8 nitrogen and oxygen atoms in total. The van der Waals surface area contributed by atoms with Crippen molar-refractivity contribution in [1.82, 2.24) is 25.3 Å². The van der Waals surface area contributed by atoms with Gasteiger partial charge in [-0.1, -0.05) is 6.07 Å². The molecule has 4 rings (SSSR count). The largest absolute Gasteiger partial charge is 0.433 e. The fourth-order valence-corrected chi connectivity index (χ4v) is 3.85. The molecule has 3 aromatic heterocycles. The zero-order valence-corrected chi connectivity index (χ0v) is 16.6. The first-order valence-corrected chi connectivity index (χ1v) is 9.86. The van der Waals surface area contributed by atoms with Crippen molar-refractivity contribution in [1.29, 1.82) is 0 Å². The van der Waals surface area contributed by atoms with Crippen LogP contribution in [-0.4, -0.2) is 45.5 Å². The number of hydrogen-bond acceptors (Lipinski definition) is 6. The Morgan fingerprint density at radius 3 is 2.61 bits per heavy atom. The first-order valence-electron chi connectivity index (χ1n) is 9.86. The van der Waals surface area contributed by atoms with Crippen molar-refractivity contribution in [2.45, 2.75) is 25.6 Å². The minimum absolute atomic E-state index is 0.0886. The molecular formula is C20H22F3N7O. The van der Waals surface area contributed by atoms with E-state index >= 15 is 0 Å². The molecule has 0 bridgehead atoms. The van der Waals surface area contributed by atoms with Crippen molar-refractivity contribution < 1.29 is 18.0 Å². The van der Waals surface area contributed by atoms with E-state index in [0.29, 0.717) is 31.5 Å². The summed E-state index contributed by atoms with van der Waals surface area (Å²) in [5, 5.41) is 3.73. The number of fused-ring (bicyclic) bond motifs is 1. The number of rotatable bonds is 5. The number of H-pyrrole nitrogens is 1. The molecule has 1 amide bonds.